The Labute approximate surface area is 125 Å². The molecule has 0 aromatic carbocycles. The van der Waals surface area contributed by atoms with Gasteiger partial charge in [-0.25, -0.2) is 0 Å². The minimum absolute atomic E-state index is 0.198. The van der Waals surface area contributed by atoms with E-state index in [-0.39, 0.29) is 5.91 Å². The molecule has 0 spiro atoms. The van der Waals surface area contributed by atoms with Gasteiger partial charge in [0, 0.05) is 18.5 Å². The molecule has 1 aromatic heterocycles. The summed E-state index contributed by atoms with van der Waals surface area (Å²) in [4.78, 5) is 17.6. The molecule has 1 aromatic rings. The van der Waals surface area contributed by atoms with Crippen molar-refractivity contribution in [2.75, 3.05) is 33.2 Å². The third-order valence-corrected chi connectivity index (χ3v) is 5.12. The predicted octanol–water partition coefficient (Wildman–Crippen LogP) is 1.62. The number of carbonyl (C=O) groups excluding carboxylic acids is 1. The van der Waals surface area contributed by atoms with Crippen LogP contribution in [-0.2, 0) is 11.3 Å². The van der Waals surface area contributed by atoms with Crippen molar-refractivity contribution in [3.8, 4) is 0 Å². The van der Waals surface area contributed by atoms with Gasteiger partial charge in [0.05, 0.1) is 13.1 Å². The van der Waals surface area contributed by atoms with Gasteiger partial charge in [0.1, 0.15) is 0 Å². The number of hydrogen-bond donors (Lipinski definition) is 1. The maximum Gasteiger partial charge on any atom is 0.236 e. The van der Waals surface area contributed by atoms with E-state index in [2.05, 4.69) is 17.9 Å². The molecule has 5 heteroatoms. The highest BCUT2D eigenvalue weighted by Crippen LogP contribution is 2.22. The highest BCUT2D eigenvalue weighted by Gasteiger charge is 2.26. The summed E-state index contributed by atoms with van der Waals surface area (Å²) in [5.41, 5.74) is 5.82. The summed E-state index contributed by atoms with van der Waals surface area (Å²) in [6.07, 6.45) is 1.14. The normalized spacial score (nSPS) is 23.8. The van der Waals surface area contributed by atoms with Crippen molar-refractivity contribution < 1.29 is 4.79 Å². The van der Waals surface area contributed by atoms with Crippen LogP contribution in [0.2, 0.25) is 0 Å². The maximum absolute atomic E-state index is 12.3. The molecule has 2 atom stereocenters. The molecule has 1 saturated heterocycles. The van der Waals surface area contributed by atoms with E-state index in [0.29, 0.717) is 24.9 Å². The lowest BCUT2D eigenvalue weighted by Gasteiger charge is -2.36. The van der Waals surface area contributed by atoms with E-state index in [1.807, 2.05) is 23.4 Å². The van der Waals surface area contributed by atoms with Gasteiger partial charge in [0.2, 0.25) is 5.91 Å². The second-order valence-corrected chi connectivity index (χ2v) is 6.86. The molecule has 1 aliphatic heterocycles. The topological polar surface area (TPSA) is 49.6 Å². The Morgan fingerprint density at radius 2 is 2.40 bits per heavy atom. The van der Waals surface area contributed by atoms with Crippen LogP contribution < -0.4 is 5.73 Å². The van der Waals surface area contributed by atoms with Crippen molar-refractivity contribution in [2.24, 2.45) is 17.6 Å². The number of piperidine rings is 1. The third-order valence-electron chi connectivity index (χ3n) is 4.26. The van der Waals surface area contributed by atoms with Gasteiger partial charge in [-0.2, -0.15) is 0 Å². The lowest BCUT2D eigenvalue weighted by atomic mass is 9.87. The lowest BCUT2D eigenvalue weighted by molar-refractivity contribution is -0.132. The average Bonchev–Trinajstić information content (AvgIpc) is 2.93. The maximum atomic E-state index is 12.3. The molecular formula is C15H25N3OS. The largest absolute Gasteiger partial charge is 0.340 e. The van der Waals surface area contributed by atoms with Crippen LogP contribution in [0.5, 0.6) is 0 Å². The molecule has 2 heterocycles. The van der Waals surface area contributed by atoms with Crippen molar-refractivity contribution in [1.29, 1.82) is 0 Å². The van der Waals surface area contributed by atoms with Crippen LogP contribution >= 0.6 is 11.3 Å². The predicted molar refractivity (Wildman–Crippen MR) is 83.6 cm³/mol. The summed E-state index contributed by atoms with van der Waals surface area (Å²) in [5, 5.41) is 2.05. The van der Waals surface area contributed by atoms with Crippen LogP contribution in [-0.4, -0.2) is 48.9 Å². The Kier molecular flexibility index (Phi) is 5.57. The number of amides is 1. The Morgan fingerprint density at radius 1 is 1.60 bits per heavy atom. The lowest BCUT2D eigenvalue weighted by Crippen LogP contribution is -2.46. The second kappa shape index (κ2) is 7.20. The Balaban J connectivity index is 1.81. The van der Waals surface area contributed by atoms with E-state index in [9.17, 15) is 4.79 Å². The number of thiophene rings is 1. The smallest absolute Gasteiger partial charge is 0.236 e. The van der Waals surface area contributed by atoms with E-state index in [4.69, 9.17) is 5.73 Å². The number of hydrogen-bond acceptors (Lipinski definition) is 4. The van der Waals surface area contributed by atoms with E-state index in [1.54, 1.807) is 11.3 Å². The van der Waals surface area contributed by atoms with Gasteiger partial charge in [0.15, 0.2) is 0 Å². The number of rotatable bonds is 5. The number of likely N-dealkylation sites (N-methyl/N-ethyl adjacent to an activating group) is 1. The molecule has 112 valence electrons. The zero-order chi connectivity index (χ0) is 14.5. The first-order valence-corrected chi connectivity index (χ1v) is 8.17. The molecule has 2 N–H and O–H groups in total. The molecule has 2 rings (SSSR count). The average molecular weight is 295 g/mol. The van der Waals surface area contributed by atoms with Crippen molar-refractivity contribution in [3.63, 3.8) is 0 Å². The monoisotopic (exact) mass is 295 g/mol. The van der Waals surface area contributed by atoms with Crippen LogP contribution in [0.15, 0.2) is 17.5 Å². The SMILES string of the molecule is CC1CCN(CC(=O)N(C)Cc2cccs2)CC1CN. The van der Waals surface area contributed by atoms with Gasteiger partial charge >= 0.3 is 0 Å². The van der Waals surface area contributed by atoms with Crippen LogP contribution in [0.4, 0.5) is 0 Å². The molecule has 2 unspecified atom stereocenters. The fourth-order valence-corrected chi connectivity index (χ4v) is 3.47. The van der Waals surface area contributed by atoms with Crippen LogP contribution in [0.1, 0.15) is 18.2 Å². The summed E-state index contributed by atoms with van der Waals surface area (Å²) in [6.45, 7) is 6.18. The van der Waals surface area contributed by atoms with Crippen LogP contribution in [0, 0.1) is 11.8 Å². The van der Waals surface area contributed by atoms with E-state index < -0.39 is 0 Å². The van der Waals surface area contributed by atoms with Gasteiger partial charge in [-0.3, -0.25) is 9.69 Å². The molecule has 0 bridgehead atoms. The van der Waals surface area contributed by atoms with Gasteiger partial charge in [0.25, 0.3) is 0 Å². The number of likely N-dealkylation sites (tertiary alicyclic amines) is 1. The van der Waals surface area contributed by atoms with Gasteiger partial charge in [-0.15, -0.1) is 11.3 Å². The number of nitrogens with zero attached hydrogens (tertiary/aromatic N) is 2. The summed E-state index contributed by atoms with van der Waals surface area (Å²) < 4.78 is 0. The molecule has 0 aliphatic carbocycles. The Hall–Kier alpha value is -0.910. The minimum Gasteiger partial charge on any atom is -0.340 e. The van der Waals surface area contributed by atoms with Crippen molar-refractivity contribution in [2.45, 2.75) is 19.9 Å². The highest BCUT2D eigenvalue weighted by atomic mass is 32.1. The molecule has 1 fully saturated rings. The summed E-state index contributed by atoms with van der Waals surface area (Å²) in [5.74, 6) is 1.40. The first kappa shape index (κ1) is 15.5. The van der Waals surface area contributed by atoms with Crippen molar-refractivity contribution >= 4 is 17.2 Å². The van der Waals surface area contributed by atoms with E-state index in [0.717, 1.165) is 26.1 Å². The first-order valence-electron chi connectivity index (χ1n) is 7.29. The van der Waals surface area contributed by atoms with Gasteiger partial charge < -0.3 is 10.6 Å². The van der Waals surface area contributed by atoms with Crippen molar-refractivity contribution in [1.82, 2.24) is 9.80 Å². The minimum atomic E-state index is 0.198. The molecule has 20 heavy (non-hydrogen) atoms. The zero-order valence-electron chi connectivity index (χ0n) is 12.4. The van der Waals surface area contributed by atoms with Gasteiger partial charge in [-0.05, 0) is 42.8 Å². The van der Waals surface area contributed by atoms with Crippen LogP contribution in [0.25, 0.3) is 0 Å². The highest BCUT2D eigenvalue weighted by molar-refractivity contribution is 7.09. The second-order valence-electron chi connectivity index (χ2n) is 5.83. The number of nitrogens with two attached hydrogens (primary N) is 1. The molecular weight excluding hydrogens is 270 g/mol. The zero-order valence-corrected chi connectivity index (χ0v) is 13.2. The fourth-order valence-electron chi connectivity index (χ4n) is 2.71. The Bertz CT molecular complexity index is 421. The van der Waals surface area contributed by atoms with E-state index >= 15 is 0 Å². The third kappa shape index (κ3) is 4.04. The quantitative estimate of drug-likeness (QED) is 0.898. The fraction of sp³-hybridized carbons (Fsp3) is 0.667. The molecule has 0 saturated carbocycles. The van der Waals surface area contributed by atoms with E-state index in [1.165, 1.54) is 4.88 Å². The summed E-state index contributed by atoms with van der Waals surface area (Å²) in [6, 6.07) is 4.09. The van der Waals surface area contributed by atoms with Gasteiger partial charge in [-0.1, -0.05) is 13.0 Å². The number of carbonyl (C=O) groups is 1. The molecule has 1 aliphatic rings. The standard InChI is InChI=1S/C15H25N3OS/c1-12-5-6-18(9-13(12)8-16)11-15(19)17(2)10-14-4-3-7-20-14/h3-4,7,12-13H,5-6,8-11,16H2,1-2H3. The van der Waals surface area contributed by atoms with Crippen LogP contribution in [0.3, 0.4) is 0 Å². The Morgan fingerprint density at radius 3 is 3.05 bits per heavy atom. The molecule has 4 nitrogen and oxygen atoms in total. The van der Waals surface area contributed by atoms with Crippen molar-refractivity contribution in [3.05, 3.63) is 22.4 Å². The first-order chi connectivity index (χ1) is 9.60. The summed E-state index contributed by atoms with van der Waals surface area (Å²) >= 11 is 1.70. The summed E-state index contributed by atoms with van der Waals surface area (Å²) in [7, 11) is 1.88. The molecule has 1 amide bonds. The molecule has 0 radical (unpaired) electrons.